The lowest BCUT2D eigenvalue weighted by Crippen LogP contribution is -2.34. The van der Waals surface area contributed by atoms with E-state index < -0.39 is 5.97 Å². The third kappa shape index (κ3) is 3.04. The van der Waals surface area contributed by atoms with Crippen molar-refractivity contribution < 1.29 is 14.3 Å². The molecule has 0 spiro atoms. The summed E-state index contributed by atoms with van der Waals surface area (Å²) in [7, 11) is 1.27. The molecule has 5 nitrogen and oxygen atoms in total. The third-order valence-electron chi connectivity index (χ3n) is 2.15. The van der Waals surface area contributed by atoms with Crippen molar-refractivity contribution in [2.24, 2.45) is 5.10 Å². The van der Waals surface area contributed by atoms with Gasteiger partial charge in [0.05, 0.1) is 22.0 Å². The number of carbonyl (C=O) groups is 2. The average molecular weight is 305 g/mol. The van der Waals surface area contributed by atoms with Crippen LogP contribution < -0.4 is 0 Å². The van der Waals surface area contributed by atoms with E-state index >= 15 is 0 Å². The molecule has 0 aliphatic carbocycles. The summed E-state index contributed by atoms with van der Waals surface area (Å²) in [5.41, 5.74) is 0.736. The lowest BCUT2D eigenvalue weighted by Gasteiger charge is -2.21. The lowest BCUT2D eigenvalue weighted by molar-refractivity contribution is -0.141. The van der Waals surface area contributed by atoms with Crippen molar-refractivity contribution in [1.29, 1.82) is 0 Å². The first kappa shape index (κ1) is 13.4. The van der Waals surface area contributed by atoms with E-state index in [0.717, 1.165) is 27.4 Å². The van der Waals surface area contributed by atoms with Crippen LogP contribution in [0.3, 0.4) is 0 Å². The highest BCUT2D eigenvalue weighted by atomic mass is 35.5. The van der Waals surface area contributed by atoms with E-state index in [1.165, 1.54) is 18.4 Å². The van der Waals surface area contributed by atoms with Gasteiger partial charge in [0.1, 0.15) is 6.54 Å². The first-order valence-electron chi connectivity index (χ1n) is 4.94. The molecule has 1 aliphatic heterocycles. The average Bonchev–Trinajstić information content (AvgIpc) is 2.78. The molecule has 0 unspecified atom stereocenters. The molecule has 0 fully saturated rings. The molecule has 1 aromatic heterocycles. The van der Waals surface area contributed by atoms with E-state index in [2.05, 4.69) is 9.84 Å². The van der Waals surface area contributed by atoms with Gasteiger partial charge in [-0.3, -0.25) is 9.59 Å². The second-order valence-electron chi connectivity index (χ2n) is 3.34. The van der Waals surface area contributed by atoms with Gasteiger partial charge in [0, 0.05) is 5.75 Å². The van der Waals surface area contributed by atoms with E-state index in [1.807, 2.05) is 6.07 Å². The normalized spacial score (nSPS) is 15.6. The number of nitrogens with zero attached hydrogens (tertiary/aromatic N) is 2. The standard InChI is InChI=1S/C10H9ClN2O3S2/c1-16-9(14)4-13-10(15)17-5-6(12-13)7-2-3-8(11)18-7/h2-3H,4-5H2,1H3. The molecule has 0 saturated carbocycles. The van der Waals surface area contributed by atoms with Crippen LogP contribution in [0.4, 0.5) is 4.79 Å². The molecule has 1 aromatic rings. The minimum Gasteiger partial charge on any atom is -0.468 e. The zero-order valence-electron chi connectivity index (χ0n) is 9.38. The Labute approximate surface area is 117 Å². The molecule has 8 heteroatoms. The Morgan fingerprint density at radius 3 is 3.00 bits per heavy atom. The van der Waals surface area contributed by atoms with Gasteiger partial charge >= 0.3 is 11.2 Å². The maximum Gasteiger partial charge on any atom is 0.327 e. The lowest BCUT2D eigenvalue weighted by atomic mass is 10.3. The SMILES string of the molecule is COC(=O)CN1N=C(c2ccc(Cl)s2)CSC1=O. The van der Waals surface area contributed by atoms with Gasteiger partial charge in [-0.1, -0.05) is 23.4 Å². The van der Waals surface area contributed by atoms with Gasteiger partial charge < -0.3 is 4.74 Å². The van der Waals surface area contributed by atoms with Gasteiger partial charge in [-0.2, -0.15) is 5.10 Å². The Kier molecular flexibility index (Phi) is 4.26. The number of hydrogen-bond acceptors (Lipinski definition) is 6. The van der Waals surface area contributed by atoms with E-state index in [-0.39, 0.29) is 11.8 Å². The molecule has 0 aromatic carbocycles. The van der Waals surface area contributed by atoms with Crippen molar-refractivity contribution in [2.45, 2.75) is 0 Å². The van der Waals surface area contributed by atoms with E-state index in [9.17, 15) is 9.59 Å². The predicted molar refractivity (Wildman–Crippen MR) is 72.4 cm³/mol. The van der Waals surface area contributed by atoms with Crippen LogP contribution in [0, 0.1) is 0 Å². The fourth-order valence-corrected chi connectivity index (χ4v) is 3.14. The first-order chi connectivity index (χ1) is 8.60. The van der Waals surface area contributed by atoms with Gasteiger partial charge in [0.2, 0.25) is 0 Å². The van der Waals surface area contributed by atoms with Crippen LogP contribution in [0.1, 0.15) is 4.88 Å². The van der Waals surface area contributed by atoms with Crippen LogP contribution in [0.25, 0.3) is 0 Å². The van der Waals surface area contributed by atoms with Gasteiger partial charge in [-0.25, -0.2) is 5.01 Å². The number of amides is 1. The molecule has 0 radical (unpaired) electrons. The molecule has 0 saturated heterocycles. The van der Waals surface area contributed by atoms with Crippen molar-refractivity contribution in [3.63, 3.8) is 0 Å². The van der Waals surface area contributed by atoms with Gasteiger partial charge in [0.25, 0.3) is 0 Å². The fraction of sp³-hybridized carbons (Fsp3) is 0.300. The van der Waals surface area contributed by atoms with E-state index in [4.69, 9.17) is 11.6 Å². The molecule has 96 valence electrons. The molecule has 18 heavy (non-hydrogen) atoms. The number of thiophene rings is 1. The molecule has 2 rings (SSSR count). The van der Waals surface area contributed by atoms with Crippen molar-refractivity contribution in [2.75, 3.05) is 19.4 Å². The summed E-state index contributed by atoms with van der Waals surface area (Å²) in [4.78, 5) is 23.6. The molecule has 1 amide bonds. The summed E-state index contributed by atoms with van der Waals surface area (Å²) in [6, 6.07) is 3.62. The molecule has 0 atom stereocenters. The molecule has 0 bridgehead atoms. The van der Waals surface area contributed by atoms with E-state index in [1.54, 1.807) is 6.07 Å². The summed E-state index contributed by atoms with van der Waals surface area (Å²) in [5.74, 6) is -0.0222. The largest absolute Gasteiger partial charge is 0.468 e. The third-order valence-corrected chi connectivity index (χ3v) is 4.30. The van der Waals surface area contributed by atoms with Crippen molar-refractivity contribution in [1.82, 2.24) is 5.01 Å². The zero-order valence-corrected chi connectivity index (χ0v) is 11.8. The van der Waals surface area contributed by atoms with Crippen LogP contribution in [0.2, 0.25) is 4.34 Å². The first-order valence-corrected chi connectivity index (χ1v) is 7.12. The van der Waals surface area contributed by atoms with Gasteiger partial charge in [-0.05, 0) is 12.1 Å². The van der Waals surface area contributed by atoms with Gasteiger partial charge in [-0.15, -0.1) is 11.3 Å². The van der Waals surface area contributed by atoms with Gasteiger partial charge in [0.15, 0.2) is 0 Å². The summed E-state index contributed by atoms with van der Waals surface area (Å²) in [6.07, 6.45) is 0. The monoisotopic (exact) mass is 304 g/mol. The van der Waals surface area contributed by atoms with Crippen LogP contribution >= 0.6 is 34.7 Å². The number of carbonyl (C=O) groups excluding carboxylic acids is 2. The molecular weight excluding hydrogens is 296 g/mol. The number of methoxy groups -OCH3 is 1. The number of ether oxygens (including phenoxy) is 1. The summed E-state index contributed by atoms with van der Waals surface area (Å²) < 4.78 is 5.18. The minimum absolute atomic E-state index is 0.176. The minimum atomic E-state index is -0.502. The number of rotatable bonds is 3. The second kappa shape index (κ2) is 5.73. The molecule has 2 heterocycles. The second-order valence-corrected chi connectivity index (χ2v) is 5.98. The highest BCUT2D eigenvalue weighted by Gasteiger charge is 2.24. The Bertz CT molecular complexity index is 515. The van der Waals surface area contributed by atoms with Crippen molar-refractivity contribution in [3.05, 3.63) is 21.3 Å². The van der Waals surface area contributed by atoms with Crippen LogP contribution in [-0.2, 0) is 9.53 Å². The van der Waals surface area contributed by atoms with Crippen molar-refractivity contribution in [3.8, 4) is 0 Å². The Hall–Kier alpha value is -1.05. The highest BCUT2D eigenvalue weighted by Crippen LogP contribution is 2.26. The maximum absolute atomic E-state index is 11.6. The number of hydrogen-bond donors (Lipinski definition) is 0. The predicted octanol–water partition coefficient (Wildman–Crippen LogP) is 2.45. The number of hydrazone groups is 1. The number of thioether (sulfide) groups is 1. The maximum atomic E-state index is 11.6. The molecular formula is C10H9ClN2O3S2. The highest BCUT2D eigenvalue weighted by molar-refractivity contribution is 8.14. The fourth-order valence-electron chi connectivity index (χ4n) is 1.30. The number of esters is 1. The van der Waals surface area contributed by atoms with E-state index in [0.29, 0.717) is 10.1 Å². The van der Waals surface area contributed by atoms with Crippen LogP contribution in [0.5, 0.6) is 0 Å². The van der Waals surface area contributed by atoms with Crippen molar-refractivity contribution >= 4 is 51.6 Å². The van der Waals surface area contributed by atoms with Crippen LogP contribution in [-0.4, -0.2) is 41.3 Å². The molecule has 0 N–H and O–H groups in total. The molecule has 1 aliphatic rings. The topological polar surface area (TPSA) is 59.0 Å². The zero-order chi connectivity index (χ0) is 13.1. The summed E-state index contributed by atoms with van der Waals surface area (Å²) in [6.45, 7) is -0.176. The smallest absolute Gasteiger partial charge is 0.327 e. The Balaban J connectivity index is 2.19. The summed E-state index contributed by atoms with van der Waals surface area (Å²) in [5, 5.41) is 5.02. The quantitative estimate of drug-likeness (QED) is 0.805. The summed E-state index contributed by atoms with van der Waals surface area (Å²) >= 11 is 8.35. The number of halogens is 1. The Morgan fingerprint density at radius 2 is 2.39 bits per heavy atom. The Morgan fingerprint density at radius 1 is 1.61 bits per heavy atom. The van der Waals surface area contributed by atoms with Crippen LogP contribution in [0.15, 0.2) is 17.2 Å².